The molecule has 118 valence electrons. The number of piperidine rings is 1. The number of nitrogens with zero attached hydrogens (tertiary/aromatic N) is 1. The lowest BCUT2D eigenvalue weighted by Gasteiger charge is -2.39. The number of carbonyl (C=O) groups excluding carboxylic acids is 1. The van der Waals surface area contributed by atoms with Crippen LogP contribution < -0.4 is 4.74 Å². The molecule has 3 unspecified atom stereocenters. The summed E-state index contributed by atoms with van der Waals surface area (Å²) >= 11 is 0. The largest absolute Gasteiger partial charge is 0.493 e. The van der Waals surface area contributed by atoms with Gasteiger partial charge in [0, 0.05) is 12.1 Å². The predicted octanol–water partition coefficient (Wildman–Crippen LogP) is 2.26. The number of hydrogen-bond acceptors (Lipinski definition) is 3. The minimum absolute atomic E-state index is 0.0740. The molecule has 0 saturated carbocycles. The summed E-state index contributed by atoms with van der Waals surface area (Å²) in [7, 11) is 0. The average molecular weight is 303 g/mol. The Morgan fingerprint density at radius 2 is 2.05 bits per heavy atom. The number of benzene rings is 1. The number of carboxylic acids is 1. The summed E-state index contributed by atoms with van der Waals surface area (Å²) in [6.45, 7) is 3.06. The molecule has 1 N–H and O–H groups in total. The lowest BCUT2D eigenvalue weighted by molar-refractivity contribution is -0.154. The van der Waals surface area contributed by atoms with Crippen molar-refractivity contribution in [3.05, 3.63) is 29.8 Å². The van der Waals surface area contributed by atoms with Crippen LogP contribution in [0.15, 0.2) is 24.3 Å². The van der Waals surface area contributed by atoms with Crippen LogP contribution in [0.4, 0.5) is 0 Å². The molecule has 0 aliphatic carbocycles. The van der Waals surface area contributed by atoms with E-state index in [9.17, 15) is 14.7 Å². The maximum atomic E-state index is 12.9. The van der Waals surface area contributed by atoms with E-state index in [1.165, 1.54) is 0 Å². The summed E-state index contributed by atoms with van der Waals surface area (Å²) in [5.74, 6) is -0.188. The molecular weight excluding hydrogens is 282 g/mol. The molecule has 2 heterocycles. The molecule has 1 aromatic rings. The van der Waals surface area contributed by atoms with Crippen molar-refractivity contribution in [3.8, 4) is 5.75 Å². The third kappa shape index (κ3) is 2.67. The molecule has 0 bridgehead atoms. The van der Waals surface area contributed by atoms with Gasteiger partial charge in [-0.15, -0.1) is 0 Å². The summed E-state index contributed by atoms with van der Waals surface area (Å²) in [4.78, 5) is 26.0. The highest BCUT2D eigenvalue weighted by atomic mass is 16.5. The molecule has 1 amide bonds. The molecule has 5 nitrogen and oxygen atoms in total. The quantitative estimate of drug-likeness (QED) is 0.910. The first-order chi connectivity index (χ1) is 10.6. The van der Waals surface area contributed by atoms with Gasteiger partial charge in [-0.1, -0.05) is 25.1 Å². The Morgan fingerprint density at radius 3 is 2.82 bits per heavy atom. The van der Waals surface area contributed by atoms with Crippen LogP contribution in [0.1, 0.15) is 37.7 Å². The van der Waals surface area contributed by atoms with E-state index in [0.29, 0.717) is 31.9 Å². The Kier molecular flexibility index (Phi) is 4.05. The molecule has 0 radical (unpaired) electrons. The van der Waals surface area contributed by atoms with E-state index in [0.717, 1.165) is 17.7 Å². The van der Waals surface area contributed by atoms with E-state index in [1.54, 1.807) is 4.90 Å². The Morgan fingerprint density at radius 1 is 1.27 bits per heavy atom. The van der Waals surface area contributed by atoms with Gasteiger partial charge in [-0.25, -0.2) is 4.79 Å². The molecule has 1 fully saturated rings. The molecule has 3 rings (SSSR count). The standard InChI is InChI=1S/C17H21NO4/c1-11-6-8-18(14(10-11)17(20)21)16(19)13-7-9-22-15-5-3-2-4-12(13)15/h2-5,11,13-14H,6-10H2,1H3,(H,20,21). The minimum Gasteiger partial charge on any atom is -0.493 e. The second kappa shape index (κ2) is 5.99. The van der Waals surface area contributed by atoms with Gasteiger partial charge in [0.2, 0.25) is 5.91 Å². The van der Waals surface area contributed by atoms with Crippen LogP contribution in [0.25, 0.3) is 0 Å². The van der Waals surface area contributed by atoms with Gasteiger partial charge in [0.15, 0.2) is 0 Å². The minimum atomic E-state index is -0.903. The SMILES string of the molecule is CC1CCN(C(=O)C2CCOc3ccccc32)C(C(=O)O)C1. The molecular formula is C17H21NO4. The first-order valence-electron chi connectivity index (χ1n) is 7.83. The van der Waals surface area contributed by atoms with Gasteiger partial charge in [0.05, 0.1) is 12.5 Å². The molecule has 2 aliphatic heterocycles. The molecule has 22 heavy (non-hydrogen) atoms. The number of ether oxygens (including phenoxy) is 1. The van der Waals surface area contributed by atoms with Crippen LogP contribution in [-0.2, 0) is 9.59 Å². The van der Waals surface area contributed by atoms with Crippen LogP contribution in [0.3, 0.4) is 0 Å². The van der Waals surface area contributed by atoms with Crippen LogP contribution in [0, 0.1) is 5.92 Å². The van der Waals surface area contributed by atoms with E-state index in [2.05, 4.69) is 0 Å². The number of hydrogen-bond donors (Lipinski definition) is 1. The Hall–Kier alpha value is -2.04. The fourth-order valence-corrected chi connectivity index (χ4v) is 3.44. The summed E-state index contributed by atoms with van der Waals surface area (Å²) < 4.78 is 5.60. The summed E-state index contributed by atoms with van der Waals surface area (Å²) in [6.07, 6.45) is 2.00. The van der Waals surface area contributed by atoms with E-state index in [-0.39, 0.29) is 11.8 Å². The second-order valence-electron chi connectivity index (χ2n) is 6.24. The van der Waals surface area contributed by atoms with E-state index >= 15 is 0 Å². The summed E-state index contributed by atoms with van der Waals surface area (Å²) in [6, 6.07) is 6.84. The van der Waals surface area contributed by atoms with E-state index in [4.69, 9.17) is 4.74 Å². The van der Waals surface area contributed by atoms with E-state index in [1.807, 2.05) is 31.2 Å². The number of carbonyl (C=O) groups is 2. The first-order valence-corrected chi connectivity index (χ1v) is 7.83. The predicted molar refractivity (Wildman–Crippen MR) is 80.8 cm³/mol. The van der Waals surface area contributed by atoms with Gasteiger partial charge in [0.25, 0.3) is 0 Å². The number of para-hydroxylation sites is 1. The summed E-state index contributed by atoms with van der Waals surface area (Å²) in [5, 5.41) is 9.45. The monoisotopic (exact) mass is 303 g/mol. The highest BCUT2D eigenvalue weighted by Gasteiger charge is 2.39. The number of fused-ring (bicyclic) bond motifs is 1. The van der Waals surface area contributed by atoms with Crippen molar-refractivity contribution in [1.29, 1.82) is 0 Å². The lowest BCUT2D eigenvalue weighted by Crippen LogP contribution is -2.51. The van der Waals surface area contributed by atoms with Crippen molar-refractivity contribution in [2.45, 2.75) is 38.1 Å². The summed E-state index contributed by atoms with van der Waals surface area (Å²) in [5.41, 5.74) is 0.876. The van der Waals surface area contributed by atoms with Gasteiger partial charge in [-0.05, 0) is 31.2 Å². The van der Waals surface area contributed by atoms with Gasteiger partial charge >= 0.3 is 5.97 Å². The zero-order valence-corrected chi connectivity index (χ0v) is 12.7. The highest BCUT2D eigenvalue weighted by molar-refractivity contribution is 5.89. The van der Waals surface area contributed by atoms with Gasteiger partial charge in [0.1, 0.15) is 11.8 Å². The van der Waals surface area contributed by atoms with Crippen molar-refractivity contribution in [3.63, 3.8) is 0 Å². The van der Waals surface area contributed by atoms with Crippen molar-refractivity contribution < 1.29 is 19.4 Å². The van der Waals surface area contributed by atoms with Crippen molar-refractivity contribution in [2.24, 2.45) is 5.92 Å². The van der Waals surface area contributed by atoms with Crippen LogP contribution in [0.5, 0.6) is 5.75 Å². The van der Waals surface area contributed by atoms with Crippen LogP contribution >= 0.6 is 0 Å². The molecule has 0 spiro atoms. The fourth-order valence-electron chi connectivity index (χ4n) is 3.44. The number of likely N-dealkylation sites (tertiary alicyclic amines) is 1. The van der Waals surface area contributed by atoms with E-state index < -0.39 is 12.0 Å². The molecule has 1 saturated heterocycles. The normalized spacial score (nSPS) is 27.7. The third-order valence-corrected chi connectivity index (χ3v) is 4.69. The van der Waals surface area contributed by atoms with Gasteiger partial charge < -0.3 is 14.7 Å². The number of carboxylic acid groups (broad SMARTS) is 1. The van der Waals surface area contributed by atoms with Crippen LogP contribution in [-0.4, -0.2) is 41.1 Å². The zero-order valence-electron chi connectivity index (χ0n) is 12.7. The van der Waals surface area contributed by atoms with Crippen molar-refractivity contribution >= 4 is 11.9 Å². The first kappa shape index (κ1) is 14.9. The molecule has 0 aromatic heterocycles. The van der Waals surface area contributed by atoms with Gasteiger partial charge in [-0.3, -0.25) is 4.79 Å². The molecule has 2 aliphatic rings. The molecule has 3 atom stereocenters. The maximum Gasteiger partial charge on any atom is 0.326 e. The molecule has 5 heteroatoms. The fraction of sp³-hybridized carbons (Fsp3) is 0.529. The average Bonchev–Trinajstić information content (AvgIpc) is 2.53. The topological polar surface area (TPSA) is 66.8 Å². The van der Waals surface area contributed by atoms with Crippen LogP contribution in [0.2, 0.25) is 0 Å². The number of aliphatic carboxylic acids is 1. The Balaban J connectivity index is 1.86. The highest BCUT2D eigenvalue weighted by Crippen LogP contribution is 2.36. The lowest BCUT2D eigenvalue weighted by atomic mass is 9.87. The Bertz CT molecular complexity index is 586. The number of rotatable bonds is 2. The van der Waals surface area contributed by atoms with Gasteiger partial charge in [-0.2, -0.15) is 0 Å². The zero-order chi connectivity index (χ0) is 15.7. The smallest absolute Gasteiger partial charge is 0.326 e. The third-order valence-electron chi connectivity index (χ3n) is 4.69. The number of amides is 1. The molecule has 1 aromatic carbocycles. The second-order valence-corrected chi connectivity index (χ2v) is 6.24. The van der Waals surface area contributed by atoms with Crippen molar-refractivity contribution in [2.75, 3.05) is 13.2 Å². The Labute approximate surface area is 129 Å². The maximum absolute atomic E-state index is 12.9. The van der Waals surface area contributed by atoms with Crippen molar-refractivity contribution in [1.82, 2.24) is 4.90 Å².